The van der Waals surface area contributed by atoms with Crippen LogP contribution in [-0.4, -0.2) is 75.5 Å². The number of carboxylic acid groups (broad SMARTS) is 1. The fraction of sp³-hybridized carbons (Fsp3) is 0.638. The number of carboxylic acids is 1. The largest absolute Gasteiger partial charge is 0.544 e. The molecule has 0 aromatic rings. The number of hydrogen-bond acceptors (Lipinski definition) is 7. The number of carbonyl (C=O) groups is 3. The summed E-state index contributed by atoms with van der Waals surface area (Å²) in [5.74, 6) is -1.83. The minimum Gasteiger partial charge on any atom is -0.544 e. The van der Waals surface area contributed by atoms with Gasteiger partial charge in [-0.25, -0.2) is 0 Å². The van der Waals surface area contributed by atoms with E-state index in [2.05, 4.69) is 98.9 Å². The van der Waals surface area contributed by atoms with E-state index in [1.54, 1.807) is 21.1 Å². The molecule has 0 aromatic heterocycles. The van der Waals surface area contributed by atoms with Gasteiger partial charge in [0.1, 0.15) is 12.6 Å². The Morgan fingerprint density at radius 2 is 0.982 bits per heavy atom. The minimum atomic E-state index is -1.14. The lowest BCUT2D eigenvalue weighted by atomic mass is 10.1. The molecule has 0 aromatic carbocycles. The predicted molar refractivity (Wildman–Crippen MR) is 226 cm³/mol. The zero-order valence-electron chi connectivity index (χ0n) is 35.3. The Labute approximate surface area is 335 Å². The van der Waals surface area contributed by atoms with Gasteiger partial charge in [-0.3, -0.25) is 9.59 Å². The van der Waals surface area contributed by atoms with Crippen LogP contribution in [0.25, 0.3) is 0 Å². The Balaban J connectivity index is 4.41. The number of carbonyl (C=O) groups excluding carboxylic acids is 3. The van der Waals surface area contributed by atoms with Crippen LogP contribution < -0.4 is 5.11 Å². The maximum atomic E-state index is 12.7. The number of aliphatic carboxylic acids is 1. The molecule has 0 radical (unpaired) electrons. The average Bonchev–Trinajstić information content (AvgIpc) is 3.14. The molecule has 0 saturated heterocycles. The van der Waals surface area contributed by atoms with Crippen molar-refractivity contribution in [1.82, 2.24) is 0 Å². The predicted octanol–water partition coefficient (Wildman–Crippen LogP) is 10.0. The van der Waals surface area contributed by atoms with E-state index in [1.807, 2.05) is 0 Å². The molecule has 312 valence electrons. The monoisotopic (exact) mass is 768 g/mol. The van der Waals surface area contributed by atoms with Crippen molar-refractivity contribution < 1.29 is 38.2 Å². The minimum absolute atomic E-state index is 0.0152. The third-order valence-electron chi connectivity index (χ3n) is 8.78. The first-order valence-corrected chi connectivity index (χ1v) is 21.1. The van der Waals surface area contributed by atoms with Crippen molar-refractivity contribution in [3.63, 3.8) is 0 Å². The van der Waals surface area contributed by atoms with Crippen molar-refractivity contribution in [2.45, 2.75) is 154 Å². The molecule has 0 spiro atoms. The van der Waals surface area contributed by atoms with E-state index in [9.17, 15) is 19.5 Å². The summed E-state index contributed by atoms with van der Waals surface area (Å²) in [4.78, 5) is 36.7. The number of esters is 2. The lowest BCUT2D eigenvalue weighted by Gasteiger charge is -2.34. The van der Waals surface area contributed by atoms with Crippen molar-refractivity contribution in [3.05, 3.63) is 85.1 Å². The first-order chi connectivity index (χ1) is 26.6. The summed E-state index contributed by atoms with van der Waals surface area (Å²) in [5, 5.41) is 11.6. The number of rotatable bonds is 36. The highest BCUT2D eigenvalue weighted by Gasteiger charge is 2.25. The highest BCUT2D eigenvalue weighted by molar-refractivity contribution is 5.70. The van der Waals surface area contributed by atoms with Crippen molar-refractivity contribution in [1.29, 1.82) is 0 Å². The standard InChI is InChI=1S/C47H77NO7/c1-6-8-10-12-14-16-18-19-20-21-22-23-24-25-26-28-30-32-34-36-38-46(50)55-43(41-53-40-39-44(47(51)52)48(3,4)5)42-54-45(49)37-35-33-31-29-27-17-15-13-11-9-7-2/h8-11,14-17,19-20,22-23,29,31,43-44H,6-7,12-13,18,21,24-28,30,32-42H2,1-5H3/b10-8+,11-9+,16-14+,17-15+,20-19+,23-22+,31-29+. The number of ether oxygens (including phenoxy) is 3. The van der Waals surface area contributed by atoms with Gasteiger partial charge in [0.25, 0.3) is 0 Å². The molecule has 0 N–H and O–H groups in total. The lowest BCUT2D eigenvalue weighted by molar-refractivity contribution is -0.889. The molecule has 0 saturated carbocycles. The van der Waals surface area contributed by atoms with E-state index in [-0.39, 0.29) is 49.1 Å². The van der Waals surface area contributed by atoms with Gasteiger partial charge in [-0.15, -0.1) is 0 Å². The molecule has 0 aliphatic rings. The van der Waals surface area contributed by atoms with Crippen molar-refractivity contribution in [2.24, 2.45) is 0 Å². The van der Waals surface area contributed by atoms with Crippen molar-refractivity contribution >= 4 is 17.9 Å². The Morgan fingerprint density at radius 3 is 1.47 bits per heavy atom. The number of quaternary nitrogens is 1. The fourth-order valence-electron chi connectivity index (χ4n) is 5.55. The highest BCUT2D eigenvalue weighted by atomic mass is 16.6. The molecule has 55 heavy (non-hydrogen) atoms. The Bertz CT molecular complexity index is 1170. The second kappa shape index (κ2) is 37.4. The van der Waals surface area contributed by atoms with E-state index in [0.717, 1.165) is 83.5 Å². The van der Waals surface area contributed by atoms with Gasteiger partial charge in [0.2, 0.25) is 0 Å². The number of allylic oxidation sites excluding steroid dienone is 14. The number of likely N-dealkylation sites (N-methyl/N-ethyl adjacent to an activating group) is 1. The molecule has 0 aliphatic heterocycles. The molecule has 0 rings (SSSR count). The average molecular weight is 768 g/mol. The smallest absolute Gasteiger partial charge is 0.306 e. The summed E-state index contributed by atoms with van der Waals surface area (Å²) in [7, 11) is 5.37. The Kier molecular flexibility index (Phi) is 35.1. The SMILES string of the molecule is CC/C=C/C/C=C/C/C=C/C/C=C/CCCCCCCCCC(=O)OC(COCCC(C(=O)[O-])[N+](C)(C)C)COC(=O)CCC/C=C/C/C=C/C/C=C/CC. The van der Waals surface area contributed by atoms with Crippen molar-refractivity contribution in [2.75, 3.05) is 41.0 Å². The molecular formula is C47H77NO7. The van der Waals surface area contributed by atoms with E-state index in [0.29, 0.717) is 12.8 Å². The van der Waals surface area contributed by atoms with Crippen LogP contribution in [0.4, 0.5) is 0 Å². The van der Waals surface area contributed by atoms with Crippen LogP contribution in [0, 0.1) is 0 Å². The van der Waals surface area contributed by atoms with E-state index in [1.165, 1.54) is 19.3 Å². The molecule has 0 bridgehead atoms. The van der Waals surface area contributed by atoms with Gasteiger partial charge in [0.15, 0.2) is 6.10 Å². The molecule has 2 atom stereocenters. The van der Waals surface area contributed by atoms with Gasteiger partial charge in [0, 0.05) is 19.3 Å². The highest BCUT2D eigenvalue weighted by Crippen LogP contribution is 2.12. The topological polar surface area (TPSA) is 102 Å². The number of unbranched alkanes of at least 4 members (excludes halogenated alkanes) is 8. The van der Waals surface area contributed by atoms with Crippen LogP contribution >= 0.6 is 0 Å². The van der Waals surface area contributed by atoms with Crippen molar-refractivity contribution in [3.8, 4) is 0 Å². The van der Waals surface area contributed by atoms with Crippen LogP contribution in [-0.2, 0) is 28.6 Å². The van der Waals surface area contributed by atoms with Crippen LogP contribution in [0.1, 0.15) is 142 Å². The van der Waals surface area contributed by atoms with Gasteiger partial charge in [-0.05, 0) is 77.0 Å². The molecule has 8 nitrogen and oxygen atoms in total. The van der Waals surface area contributed by atoms with E-state index >= 15 is 0 Å². The Hall–Kier alpha value is -3.49. The second-order valence-electron chi connectivity index (χ2n) is 14.8. The third kappa shape index (κ3) is 35.9. The number of nitrogens with zero attached hydrogens (tertiary/aromatic N) is 1. The van der Waals surface area contributed by atoms with Gasteiger partial charge < -0.3 is 28.6 Å². The first-order valence-electron chi connectivity index (χ1n) is 21.1. The molecular weight excluding hydrogens is 691 g/mol. The van der Waals surface area contributed by atoms with Gasteiger partial charge >= 0.3 is 11.9 Å². The number of hydrogen-bond donors (Lipinski definition) is 0. The van der Waals surface area contributed by atoms with Crippen LogP contribution in [0.5, 0.6) is 0 Å². The summed E-state index contributed by atoms with van der Waals surface area (Å²) in [5.41, 5.74) is 0. The van der Waals surface area contributed by atoms with Gasteiger partial charge in [-0.2, -0.15) is 0 Å². The summed E-state index contributed by atoms with van der Waals surface area (Å²) in [6.07, 6.45) is 47.6. The zero-order chi connectivity index (χ0) is 40.7. The quantitative estimate of drug-likeness (QED) is 0.0271. The fourth-order valence-corrected chi connectivity index (χ4v) is 5.55. The molecule has 2 unspecified atom stereocenters. The zero-order valence-corrected chi connectivity index (χ0v) is 35.3. The van der Waals surface area contributed by atoms with Gasteiger partial charge in [-0.1, -0.05) is 131 Å². The van der Waals surface area contributed by atoms with Crippen LogP contribution in [0.3, 0.4) is 0 Å². The van der Waals surface area contributed by atoms with Gasteiger partial charge in [0.05, 0.1) is 40.3 Å². The summed E-state index contributed by atoms with van der Waals surface area (Å²) in [6, 6.07) is -0.739. The van der Waals surface area contributed by atoms with E-state index < -0.39 is 18.1 Å². The molecule has 0 amide bonds. The third-order valence-corrected chi connectivity index (χ3v) is 8.78. The summed E-state index contributed by atoms with van der Waals surface area (Å²) >= 11 is 0. The first kappa shape index (κ1) is 51.5. The summed E-state index contributed by atoms with van der Waals surface area (Å²) in [6.45, 7) is 4.33. The molecule has 0 heterocycles. The lowest BCUT2D eigenvalue weighted by Crippen LogP contribution is -2.55. The second-order valence-corrected chi connectivity index (χ2v) is 14.8. The normalized spacial score (nSPS) is 13.8. The maximum Gasteiger partial charge on any atom is 0.306 e. The maximum absolute atomic E-state index is 12.7. The van der Waals surface area contributed by atoms with E-state index in [4.69, 9.17) is 14.2 Å². The van der Waals surface area contributed by atoms with Crippen LogP contribution in [0.15, 0.2) is 85.1 Å². The summed E-state index contributed by atoms with van der Waals surface area (Å²) < 4.78 is 17.1. The molecule has 0 aliphatic carbocycles. The van der Waals surface area contributed by atoms with Crippen LogP contribution in [0.2, 0.25) is 0 Å². The molecule has 0 fully saturated rings. The Morgan fingerprint density at radius 1 is 0.545 bits per heavy atom. The molecule has 8 heteroatoms.